The van der Waals surface area contributed by atoms with Gasteiger partial charge in [0.15, 0.2) is 0 Å². The maximum atomic E-state index is 12.7. The summed E-state index contributed by atoms with van der Waals surface area (Å²) in [6.07, 6.45) is 1.16. The predicted molar refractivity (Wildman–Crippen MR) is 91.7 cm³/mol. The third kappa shape index (κ3) is 2.97. The predicted octanol–water partition coefficient (Wildman–Crippen LogP) is 3.34. The van der Waals surface area contributed by atoms with E-state index in [1.54, 1.807) is 11.9 Å². The van der Waals surface area contributed by atoms with E-state index in [0.29, 0.717) is 0 Å². The van der Waals surface area contributed by atoms with Crippen molar-refractivity contribution in [1.29, 1.82) is 0 Å². The Bertz CT molecular complexity index is 737. The van der Waals surface area contributed by atoms with Crippen molar-refractivity contribution < 1.29 is 9.59 Å². The number of amides is 2. The average Bonchev–Trinajstić information content (AvgIpc) is 2.58. The van der Waals surface area contributed by atoms with Crippen LogP contribution in [-0.2, 0) is 16.0 Å². The van der Waals surface area contributed by atoms with Crippen molar-refractivity contribution in [3.8, 4) is 0 Å². The van der Waals surface area contributed by atoms with E-state index in [0.717, 1.165) is 23.4 Å². The van der Waals surface area contributed by atoms with E-state index in [4.69, 9.17) is 0 Å². The van der Waals surface area contributed by atoms with E-state index < -0.39 is 5.92 Å². The van der Waals surface area contributed by atoms with Gasteiger partial charge in [0.1, 0.15) is 0 Å². The second-order valence-electron chi connectivity index (χ2n) is 5.81. The first-order valence-electron chi connectivity index (χ1n) is 7.85. The molecule has 1 unspecified atom stereocenters. The summed E-state index contributed by atoms with van der Waals surface area (Å²) in [4.78, 5) is 26.4. The molecule has 0 saturated carbocycles. The van der Waals surface area contributed by atoms with Gasteiger partial charge in [-0.15, -0.1) is 0 Å². The Balaban J connectivity index is 1.84. The number of nitrogens with zero attached hydrogens (tertiary/aromatic N) is 1. The number of hydrogen-bond donors (Lipinski definition) is 1. The van der Waals surface area contributed by atoms with Gasteiger partial charge in [-0.25, -0.2) is 0 Å². The minimum absolute atomic E-state index is 0.0369. The van der Waals surface area contributed by atoms with Gasteiger partial charge in [0.25, 0.3) is 0 Å². The van der Waals surface area contributed by atoms with Gasteiger partial charge in [0.05, 0.1) is 5.92 Å². The van der Waals surface area contributed by atoms with Crippen molar-refractivity contribution in [2.75, 3.05) is 17.3 Å². The van der Waals surface area contributed by atoms with Crippen LogP contribution in [0.5, 0.6) is 0 Å². The van der Waals surface area contributed by atoms with E-state index in [1.807, 2.05) is 48.5 Å². The van der Waals surface area contributed by atoms with Crippen LogP contribution < -0.4 is 10.2 Å². The Kier molecular flexibility index (Phi) is 4.15. The van der Waals surface area contributed by atoms with Crippen molar-refractivity contribution in [1.82, 2.24) is 0 Å². The zero-order valence-corrected chi connectivity index (χ0v) is 13.4. The monoisotopic (exact) mass is 308 g/mol. The molecular formula is C19H20N2O2. The van der Waals surface area contributed by atoms with Crippen LogP contribution in [0.2, 0.25) is 0 Å². The zero-order chi connectivity index (χ0) is 16.4. The number of aryl methyl sites for hydroxylation is 1. The molecule has 0 aliphatic carbocycles. The first-order chi connectivity index (χ1) is 11.1. The molecule has 0 radical (unpaired) electrons. The molecule has 1 aliphatic heterocycles. The van der Waals surface area contributed by atoms with Crippen LogP contribution in [0.15, 0.2) is 48.5 Å². The number of fused-ring (bicyclic) bond motifs is 1. The number of carbonyl (C=O) groups is 2. The van der Waals surface area contributed by atoms with Gasteiger partial charge < -0.3 is 10.2 Å². The lowest BCUT2D eigenvalue weighted by Gasteiger charge is -2.30. The molecule has 0 saturated heterocycles. The fraction of sp³-hybridized carbons (Fsp3) is 0.263. The van der Waals surface area contributed by atoms with Gasteiger partial charge >= 0.3 is 0 Å². The van der Waals surface area contributed by atoms with Crippen LogP contribution in [0.3, 0.4) is 0 Å². The summed E-state index contributed by atoms with van der Waals surface area (Å²) in [7, 11) is 1.75. The normalized spacial score (nSPS) is 16.9. The molecular weight excluding hydrogens is 288 g/mol. The fourth-order valence-corrected chi connectivity index (χ4v) is 2.93. The molecule has 3 rings (SSSR count). The molecule has 1 N–H and O–H groups in total. The van der Waals surface area contributed by atoms with Crippen molar-refractivity contribution >= 4 is 23.2 Å². The molecule has 0 bridgehead atoms. The van der Waals surface area contributed by atoms with Gasteiger partial charge in [0.2, 0.25) is 11.8 Å². The summed E-state index contributed by atoms with van der Waals surface area (Å²) >= 11 is 0. The van der Waals surface area contributed by atoms with Gasteiger partial charge in [0, 0.05) is 24.8 Å². The highest BCUT2D eigenvalue weighted by molar-refractivity contribution is 6.05. The highest BCUT2D eigenvalue weighted by Gasteiger charge is 2.33. The first kappa shape index (κ1) is 15.3. The number of nitrogens with one attached hydrogen (secondary N) is 1. The third-order valence-corrected chi connectivity index (χ3v) is 4.37. The molecule has 2 aromatic rings. The van der Waals surface area contributed by atoms with Crippen LogP contribution in [-0.4, -0.2) is 18.9 Å². The Morgan fingerprint density at radius 2 is 1.87 bits per heavy atom. The maximum absolute atomic E-state index is 12.7. The Morgan fingerprint density at radius 3 is 2.57 bits per heavy atom. The number of carbonyl (C=O) groups excluding carboxylic acids is 2. The Morgan fingerprint density at radius 1 is 1.17 bits per heavy atom. The van der Waals surface area contributed by atoms with Crippen LogP contribution in [0.25, 0.3) is 0 Å². The van der Waals surface area contributed by atoms with Crippen LogP contribution >= 0.6 is 0 Å². The van der Waals surface area contributed by atoms with Crippen molar-refractivity contribution in [3.05, 3.63) is 59.7 Å². The minimum Gasteiger partial charge on any atom is -0.326 e. The Hall–Kier alpha value is -2.62. The second-order valence-corrected chi connectivity index (χ2v) is 5.81. The van der Waals surface area contributed by atoms with Gasteiger partial charge in [-0.3, -0.25) is 9.59 Å². The summed E-state index contributed by atoms with van der Waals surface area (Å²) in [5, 5.41) is 2.93. The summed E-state index contributed by atoms with van der Waals surface area (Å²) in [5.41, 5.74) is 3.70. The lowest BCUT2D eigenvalue weighted by atomic mass is 9.89. The largest absolute Gasteiger partial charge is 0.326 e. The molecule has 1 atom stereocenters. The molecule has 2 amide bonds. The SMILES string of the molecule is CCc1ccc(NC(=O)C2CC(=O)N(C)c3ccccc32)cc1. The number of para-hydroxylation sites is 1. The van der Waals surface area contributed by atoms with Crippen molar-refractivity contribution in [3.63, 3.8) is 0 Å². The van der Waals surface area contributed by atoms with Crippen molar-refractivity contribution in [2.24, 2.45) is 0 Å². The molecule has 0 spiro atoms. The molecule has 4 nitrogen and oxygen atoms in total. The van der Waals surface area contributed by atoms with Crippen LogP contribution in [0.4, 0.5) is 11.4 Å². The highest BCUT2D eigenvalue weighted by atomic mass is 16.2. The lowest BCUT2D eigenvalue weighted by Crippen LogP contribution is -2.37. The number of anilines is 2. The zero-order valence-electron chi connectivity index (χ0n) is 13.4. The Labute approximate surface area is 136 Å². The molecule has 2 aromatic carbocycles. The smallest absolute Gasteiger partial charge is 0.232 e. The molecule has 23 heavy (non-hydrogen) atoms. The second kappa shape index (κ2) is 6.24. The van der Waals surface area contributed by atoms with E-state index in [9.17, 15) is 9.59 Å². The van der Waals surface area contributed by atoms with Gasteiger partial charge in [-0.05, 0) is 35.7 Å². The van der Waals surface area contributed by atoms with Gasteiger partial charge in [-0.1, -0.05) is 37.3 Å². The molecule has 0 fully saturated rings. The summed E-state index contributed by atoms with van der Waals surface area (Å²) in [5.74, 6) is -0.617. The molecule has 1 aliphatic rings. The molecule has 1 heterocycles. The number of benzene rings is 2. The average molecular weight is 308 g/mol. The van der Waals surface area contributed by atoms with Crippen LogP contribution in [0.1, 0.15) is 30.4 Å². The number of hydrogen-bond acceptors (Lipinski definition) is 2. The number of rotatable bonds is 3. The summed E-state index contributed by atoms with van der Waals surface area (Å²) in [6, 6.07) is 15.4. The van der Waals surface area contributed by atoms with E-state index in [2.05, 4.69) is 12.2 Å². The lowest BCUT2D eigenvalue weighted by molar-refractivity contribution is -0.124. The first-order valence-corrected chi connectivity index (χ1v) is 7.85. The fourth-order valence-electron chi connectivity index (χ4n) is 2.93. The van der Waals surface area contributed by atoms with E-state index in [1.165, 1.54) is 5.56 Å². The molecule has 4 heteroatoms. The topological polar surface area (TPSA) is 49.4 Å². The standard InChI is InChI=1S/C19H20N2O2/c1-3-13-8-10-14(11-9-13)20-19(23)16-12-18(22)21(2)17-7-5-4-6-15(16)17/h4-11,16H,3,12H2,1-2H3,(H,20,23). The van der Waals surface area contributed by atoms with Crippen LogP contribution in [0, 0.1) is 0 Å². The quantitative estimate of drug-likeness (QED) is 0.945. The summed E-state index contributed by atoms with van der Waals surface area (Å²) < 4.78 is 0. The van der Waals surface area contributed by atoms with E-state index in [-0.39, 0.29) is 18.2 Å². The maximum Gasteiger partial charge on any atom is 0.232 e. The third-order valence-electron chi connectivity index (χ3n) is 4.37. The highest BCUT2D eigenvalue weighted by Crippen LogP contribution is 2.35. The molecule has 0 aromatic heterocycles. The van der Waals surface area contributed by atoms with Gasteiger partial charge in [-0.2, -0.15) is 0 Å². The van der Waals surface area contributed by atoms with E-state index >= 15 is 0 Å². The van der Waals surface area contributed by atoms with Crippen molar-refractivity contribution in [2.45, 2.75) is 25.7 Å². The minimum atomic E-state index is -0.444. The molecule has 118 valence electrons. The summed E-state index contributed by atoms with van der Waals surface area (Å²) in [6.45, 7) is 2.09.